The van der Waals surface area contributed by atoms with Gasteiger partial charge in [0.1, 0.15) is 0 Å². The van der Waals surface area contributed by atoms with E-state index in [1.54, 1.807) is 0 Å². The molecule has 1 aliphatic rings. The molecule has 0 amide bonds. The van der Waals surface area contributed by atoms with Gasteiger partial charge in [0.15, 0.2) is 0 Å². The van der Waals surface area contributed by atoms with Crippen molar-refractivity contribution in [2.45, 2.75) is 52.0 Å². The van der Waals surface area contributed by atoms with E-state index < -0.39 is 0 Å². The SMILES string of the molecule is CCC1CCC(N)CC1CC. The van der Waals surface area contributed by atoms with Gasteiger partial charge < -0.3 is 5.73 Å². The minimum Gasteiger partial charge on any atom is -0.328 e. The summed E-state index contributed by atoms with van der Waals surface area (Å²) in [6, 6.07) is 0.503. The maximum Gasteiger partial charge on any atom is 0.00416 e. The van der Waals surface area contributed by atoms with Crippen LogP contribution < -0.4 is 5.73 Å². The van der Waals surface area contributed by atoms with Crippen molar-refractivity contribution >= 4 is 0 Å². The molecule has 0 heterocycles. The molecule has 66 valence electrons. The van der Waals surface area contributed by atoms with Crippen molar-refractivity contribution in [2.75, 3.05) is 0 Å². The van der Waals surface area contributed by atoms with Crippen LogP contribution >= 0.6 is 0 Å². The second-order valence-electron chi connectivity index (χ2n) is 3.91. The molecule has 1 rings (SSSR count). The van der Waals surface area contributed by atoms with E-state index in [1.807, 2.05) is 0 Å². The summed E-state index contributed by atoms with van der Waals surface area (Å²) in [6.07, 6.45) is 6.58. The second kappa shape index (κ2) is 4.10. The molecule has 1 fully saturated rings. The van der Waals surface area contributed by atoms with Crippen molar-refractivity contribution in [2.24, 2.45) is 17.6 Å². The Hall–Kier alpha value is -0.0400. The lowest BCUT2D eigenvalue weighted by molar-refractivity contribution is 0.204. The zero-order valence-corrected chi connectivity index (χ0v) is 7.84. The molecule has 1 heteroatoms. The van der Waals surface area contributed by atoms with E-state index >= 15 is 0 Å². The third kappa shape index (κ3) is 2.19. The summed E-state index contributed by atoms with van der Waals surface area (Å²) in [7, 11) is 0. The number of nitrogens with two attached hydrogens (primary N) is 1. The Labute approximate surface area is 70.4 Å². The lowest BCUT2D eigenvalue weighted by Gasteiger charge is -2.33. The van der Waals surface area contributed by atoms with Crippen molar-refractivity contribution in [1.29, 1.82) is 0 Å². The Kier molecular flexibility index (Phi) is 3.38. The van der Waals surface area contributed by atoms with Gasteiger partial charge in [0.25, 0.3) is 0 Å². The molecule has 0 aliphatic heterocycles. The average Bonchev–Trinajstić information content (AvgIpc) is 2.04. The first kappa shape index (κ1) is 9.05. The lowest BCUT2D eigenvalue weighted by atomic mass is 9.75. The largest absolute Gasteiger partial charge is 0.328 e. The highest BCUT2D eigenvalue weighted by Crippen LogP contribution is 2.33. The average molecular weight is 155 g/mol. The van der Waals surface area contributed by atoms with Gasteiger partial charge in [0.2, 0.25) is 0 Å². The van der Waals surface area contributed by atoms with E-state index in [0.29, 0.717) is 6.04 Å². The molecular weight excluding hydrogens is 134 g/mol. The summed E-state index contributed by atoms with van der Waals surface area (Å²) in [5.74, 6) is 1.89. The fourth-order valence-electron chi connectivity index (χ4n) is 2.40. The minimum atomic E-state index is 0.503. The molecule has 11 heavy (non-hydrogen) atoms. The number of hydrogen-bond acceptors (Lipinski definition) is 1. The van der Waals surface area contributed by atoms with Gasteiger partial charge in [0, 0.05) is 6.04 Å². The van der Waals surface area contributed by atoms with Gasteiger partial charge in [-0.25, -0.2) is 0 Å². The van der Waals surface area contributed by atoms with Crippen LogP contribution in [0, 0.1) is 11.8 Å². The summed E-state index contributed by atoms with van der Waals surface area (Å²) in [4.78, 5) is 0. The van der Waals surface area contributed by atoms with Crippen LogP contribution in [-0.4, -0.2) is 6.04 Å². The second-order valence-corrected chi connectivity index (χ2v) is 3.91. The summed E-state index contributed by atoms with van der Waals surface area (Å²) in [6.45, 7) is 4.61. The fourth-order valence-corrected chi connectivity index (χ4v) is 2.40. The van der Waals surface area contributed by atoms with Crippen LogP contribution in [0.3, 0.4) is 0 Å². The van der Waals surface area contributed by atoms with Crippen molar-refractivity contribution < 1.29 is 0 Å². The molecule has 0 aromatic rings. The molecular formula is C10H21N. The van der Waals surface area contributed by atoms with E-state index in [9.17, 15) is 0 Å². The third-order valence-corrected chi connectivity index (χ3v) is 3.23. The van der Waals surface area contributed by atoms with Gasteiger partial charge in [-0.2, -0.15) is 0 Å². The van der Waals surface area contributed by atoms with E-state index in [1.165, 1.54) is 32.1 Å². The number of rotatable bonds is 2. The zero-order chi connectivity index (χ0) is 8.27. The van der Waals surface area contributed by atoms with E-state index in [0.717, 1.165) is 11.8 Å². The molecule has 0 saturated heterocycles. The summed E-state index contributed by atoms with van der Waals surface area (Å²) in [5.41, 5.74) is 5.92. The highest BCUT2D eigenvalue weighted by molar-refractivity contribution is 4.80. The first-order chi connectivity index (χ1) is 5.27. The molecule has 0 aromatic carbocycles. The summed E-state index contributed by atoms with van der Waals surface area (Å²) in [5, 5.41) is 0. The Bertz CT molecular complexity index is 111. The van der Waals surface area contributed by atoms with Gasteiger partial charge in [-0.1, -0.05) is 26.7 Å². The molecule has 0 bridgehead atoms. The first-order valence-corrected chi connectivity index (χ1v) is 5.03. The van der Waals surface area contributed by atoms with Gasteiger partial charge in [-0.15, -0.1) is 0 Å². The van der Waals surface area contributed by atoms with Crippen LogP contribution in [0.5, 0.6) is 0 Å². The standard InChI is InChI=1S/C10H21N/c1-3-8-5-6-10(11)7-9(8)4-2/h8-10H,3-7,11H2,1-2H3. The van der Waals surface area contributed by atoms with Crippen LogP contribution in [0.1, 0.15) is 46.0 Å². The van der Waals surface area contributed by atoms with Crippen LogP contribution in [0.15, 0.2) is 0 Å². The molecule has 0 radical (unpaired) electrons. The Morgan fingerprint density at radius 1 is 1.09 bits per heavy atom. The number of hydrogen-bond donors (Lipinski definition) is 1. The maximum atomic E-state index is 5.92. The topological polar surface area (TPSA) is 26.0 Å². The van der Waals surface area contributed by atoms with Crippen LogP contribution in [0.25, 0.3) is 0 Å². The summed E-state index contributed by atoms with van der Waals surface area (Å²) >= 11 is 0. The van der Waals surface area contributed by atoms with Crippen LogP contribution in [-0.2, 0) is 0 Å². The highest BCUT2D eigenvalue weighted by atomic mass is 14.6. The van der Waals surface area contributed by atoms with E-state index in [-0.39, 0.29) is 0 Å². The molecule has 1 nitrogen and oxygen atoms in total. The molecule has 0 spiro atoms. The molecule has 0 aromatic heterocycles. The van der Waals surface area contributed by atoms with Gasteiger partial charge >= 0.3 is 0 Å². The van der Waals surface area contributed by atoms with Crippen LogP contribution in [0.2, 0.25) is 0 Å². The summed E-state index contributed by atoms with van der Waals surface area (Å²) < 4.78 is 0. The van der Waals surface area contributed by atoms with E-state index in [2.05, 4.69) is 13.8 Å². The smallest absolute Gasteiger partial charge is 0.00416 e. The molecule has 1 aliphatic carbocycles. The molecule has 2 N–H and O–H groups in total. The van der Waals surface area contributed by atoms with Gasteiger partial charge in [-0.3, -0.25) is 0 Å². The fraction of sp³-hybridized carbons (Fsp3) is 1.00. The van der Waals surface area contributed by atoms with Gasteiger partial charge in [0.05, 0.1) is 0 Å². The Morgan fingerprint density at radius 2 is 1.73 bits per heavy atom. The van der Waals surface area contributed by atoms with E-state index in [4.69, 9.17) is 5.73 Å². The Morgan fingerprint density at radius 3 is 2.27 bits per heavy atom. The molecule has 3 atom stereocenters. The molecule has 1 saturated carbocycles. The first-order valence-electron chi connectivity index (χ1n) is 5.03. The maximum absolute atomic E-state index is 5.92. The normalized spacial score (nSPS) is 39.0. The predicted octanol–water partition coefficient (Wildman–Crippen LogP) is 2.55. The predicted molar refractivity (Wildman–Crippen MR) is 49.4 cm³/mol. The highest BCUT2D eigenvalue weighted by Gasteiger charge is 2.25. The van der Waals surface area contributed by atoms with Gasteiger partial charge in [-0.05, 0) is 31.1 Å². The van der Waals surface area contributed by atoms with Crippen molar-refractivity contribution in [3.63, 3.8) is 0 Å². The molecule has 3 unspecified atom stereocenters. The van der Waals surface area contributed by atoms with Crippen LogP contribution in [0.4, 0.5) is 0 Å². The lowest BCUT2D eigenvalue weighted by Crippen LogP contribution is -2.32. The zero-order valence-electron chi connectivity index (χ0n) is 7.84. The van der Waals surface area contributed by atoms with Crippen molar-refractivity contribution in [3.8, 4) is 0 Å². The Balaban J connectivity index is 2.41. The van der Waals surface area contributed by atoms with Crippen molar-refractivity contribution in [3.05, 3.63) is 0 Å². The van der Waals surface area contributed by atoms with Crippen molar-refractivity contribution in [1.82, 2.24) is 0 Å². The third-order valence-electron chi connectivity index (χ3n) is 3.23. The monoisotopic (exact) mass is 155 g/mol. The quantitative estimate of drug-likeness (QED) is 0.651. The minimum absolute atomic E-state index is 0.503.